The number of nitrogens with one attached hydrogen (secondary N) is 2. The monoisotopic (exact) mass is 404 g/mol. The van der Waals surface area contributed by atoms with Crippen molar-refractivity contribution >= 4 is 39.1 Å². The molecule has 0 aliphatic carbocycles. The zero-order chi connectivity index (χ0) is 18.2. The SMILES string of the molecule is CCCOc1ccc(Br)cc1C(=O)Nc1cccc(NC(=O)CC)c1. The molecule has 0 aromatic heterocycles. The fraction of sp³-hybridized carbons (Fsp3) is 0.263. The maximum absolute atomic E-state index is 12.6. The van der Waals surface area contributed by atoms with Gasteiger partial charge in [-0.05, 0) is 42.8 Å². The van der Waals surface area contributed by atoms with Crippen LogP contribution < -0.4 is 15.4 Å². The average molecular weight is 405 g/mol. The molecular formula is C19H21BrN2O3. The Hall–Kier alpha value is -2.34. The summed E-state index contributed by atoms with van der Waals surface area (Å²) in [7, 11) is 0. The second-order valence-corrected chi connectivity index (χ2v) is 6.34. The van der Waals surface area contributed by atoms with Crippen LogP contribution in [0.15, 0.2) is 46.9 Å². The number of hydrogen-bond acceptors (Lipinski definition) is 3. The van der Waals surface area contributed by atoms with Gasteiger partial charge in [0, 0.05) is 22.3 Å². The fourth-order valence-corrected chi connectivity index (χ4v) is 2.50. The van der Waals surface area contributed by atoms with Gasteiger partial charge in [-0.25, -0.2) is 0 Å². The summed E-state index contributed by atoms with van der Waals surface area (Å²) in [5.41, 5.74) is 1.69. The van der Waals surface area contributed by atoms with Crippen LogP contribution in [0.3, 0.4) is 0 Å². The third kappa shape index (κ3) is 5.60. The van der Waals surface area contributed by atoms with Crippen molar-refractivity contribution in [3.63, 3.8) is 0 Å². The van der Waals surface area contributed by atoms with Gasteiger partial charge in [0.2, 0.25) is 5.91 Å². The van der Waals surface area contributed by atoms with Crippen molar-refractivity contribution in [1.82, 2.24) is 0 Å². The van der Waals surface area contributed by atoms with E-state index < -0.39 is 0 Å². The van der Waals surface area contributed by atoms with Crippen molar-refractivity contribution in [3.8, 4) is 5.75 Å². The van der Waals surface area contributed by atoms with Crippen LogP contribution >= 0.6 is 15.9 Å². The lowest BCUT2D eigenvalue weighted by atomic mass is 10.1. The lowest BCUT2D eigenvalue weighted by Gasteiger charge is -2.12. The smallest absolute Gasteiger partial charge is 0.259 e. The maximum Gasteiger partial charge on any atom is 0.259 e. The molecule has 5 nitrogen and oxygen atoms in total. The zero-order valence-electron chi connectivity index (χ0n) is 14.3. The van der Waals surface area contributed by atoms with Gasteiger partial charge in [-0.15, -0.1) is 0 Å². The van der Waals surface area contributed by atoms with Gasteiger partial charge in [-0.1, -0.05) is 35.8 Å². The molecule has 132 valence electrons. The molecule has 25 heavy (non-hydrogen) atoms. The van der Waals surface area contributed by atoms with Crippen LogP contribution in [-0.2, 0) is 4.79 Å². The third-order valence-corrected chi connectivity index (χ3v) is 3.87. The normalized spacial score (nSPS) is 10.2. The molecule has 0 saturated carbocycles. The molecule has 0 atom stereocenters. The number of hydrogen-bond donors (Lipinski definition) is 2. The number of rotatable bonds is 7. The third-order valence-electron chi connectivity index (χ3n) is 3.37. The first kappa shape index (κ1) is 19.0. The number of carbonyl (C=O) groups excluding carboxylic acids is 2. The quantitative estimate of drug-likeness (QED) is 0.693. The molecule has 2 aromatic carbocycles. The van der Waals surface area contributed by atoms with Crippen LogP contribution in [0, 0.1) is 0 Å². The second-order valence-electron chi connectivity index (χ2n) is 5.43. The van der Waals surface area contributed by atoms with E-state index in [9.17, 15) is 9.59 Å². The zero-order valence-corrected chi connectivity index (χ0v) is 15.9. The van der Waals surface area contributed by atoms with Crippen molar-refractivity contribution in [2.45, 2.75) is 26.7 Å². The minimum Gasteiger partial charge on any atom is -0.493 e. The Morgan fingerprint density at radius 2 is 1.76 bits per heavy atom. The van der Waals surface area contributed by atoms with E-state index in [2.05, 4.69) is 26.6 Å². The van der Waals surface area contributed by atoms with E-state index in [4.69, 9.17) is 4.74 Å². The lowest BCUT2D eigenvalue weighted by molar-refractivity contribution is -0.115. The number of benzene rings is 2. The summed E-state index contributed by atoms with van der Waals surface area (Å²) in [6, 6.07) is 12.4. The average Bonchev–Trinajstić information content (AvgIpc) is 2.60. The predicted molar refractivity (Wildman–Crippen MR) is 103 cm³/mol. The molecule has 6 heteroatoms. The van der Waals surface area contributed by atoms with E-state index in [1.54, 1.807) is 43.3 Å². The number of halogens is 1. The minimum absolute atomic E-state index is 0.0780. The number of ether oxygens (including phenoxy) is 1. The Labute approximate surface area is 155 Å². The van der Waals surface area contributed by atoms with Gasteiger partial charge in [-0.3, -0.25) is 9.59 Å². The van der Waals surface area contributed by atoms with Crippen molar-refractivity contribution < 1.29 is 14.3 Å². The molecule has 0 unspecified atom stereocenters. The van der Waals surface area contributed by atoms with Crippen molar-refractivity contribution in [3.05, 3.63) is 52.5 Å². The van der Waals surface area contributed by atoms with Gasteiger partial charge in [0.05, 0.1) is 12.2 Å². The Morgan fingerprint density at radius 3 is 2.44 bits per heavy atom. The number of amides is 2. The van der Waals surface area contributed by atoms with Gasteiger partial charge < -0.3 is 15.4 Å². The van der Waals surface area contributed by atoms with Gasteiger partial charge >= 0.3 is 0 Å². The van der Waals surface area contributed by atoms with E-state index in [1.807, 2.05) is 13.0 Å². The van der Waals surface area contributed by atoms with Crippen LogP contribution in [0.25, 0.3) is 0 Å². The molecule has 0 spiro atoms. The summed E-state index contributed by atoms with van der Waals surface area (Å²) in [5, 5.41) is 5.61. The van der Waals surface area contributed by atoms with Gasteiger partial charge in [0.25, 0.3) is 5.91 Å². The van der Waals surface area contributed by atoms with E-state index in [0.29, 0.717) is 35.7 Å². The maximum atomic E-state index is 12.6. The van der Waals surface area contributed by atoms with E-state index in [1.165, 1.54) is 0 Å². The highest BCUT2D eigenvalue weighted by atomic mass is 79.9. The molecular weight excluding hydrogens is 384 g/mol. The molecule has 2 amide bonds. The highest BCUT2D eigenvalue weighted by Crippen LogP contribution is 2.25. The first-order valence-corrected chi connectivity index (χ1v) is 8.96. The standard InChI is InChI=1S/C19H21BrN2O3/c1-3-10-25-17-9-8-13(20)11-16(17)19(24)22-15-7-5-6-14(12-15)21-18(23)4-2/h5-9,11-12H,3-4,10H2,1-2H3,(H,21,23)(H,22,24). The minimum atomic E-state index is -0.272. The molecule has 2 rings (SSSR count). The number of anilines is 2. The van der Waals surface area contributed by atoms with Crippen molar-refractivity contribution in [2.75, 3.05) is 17.2 Å². The summed E-state index contributed by atoms with van der Waals surface area (Å²) in [6.07, 6.45) is 1.25. The Bertz CT molecular complexity index is 762. The molecule has 0 fully saturated rings. The Morgan fingerprint density at radius 1 is 1.04 bits per heavy atom. The van der Waals surface area contributed by atoms with E-state index in [0.717, 1.165) is 10.9 Å². The lowest BCUT2D eigenvalue weighted by Crippen LogP contribution is -2.15. The van der Waals surface area contributed by atoms with Gasteiger partial charge in [0.15, 0.2) is 0 Å². The Balaban J connectivity index is 2.18. The summed E-state index contributed by atoms with van der Waals surface area (Å²) < 4.78 is 6.45. The van der Waals surface area contributed by atoms with Crippen molar-refractivity contribution in [1.29, 1.82) is 0 Å². The summed E-state index contributed by atoms with van der Waals surface area (Å²) >= 11 is 3.38. The molecule has 2 aromatic rings. The largest absolute Gasteiger partial charge is 0.493 e. The van der Waals surface area contributed by atoms with Crippen LogP contribution in [0.2, 0.25) is 0 Å². The summed E-state index contributed by atoms with van der Waals surface area (Å²) in [5.74, 6) is 0.190. The molecule has 0 aliphatic heterocycles. The Kier molecular flexibility index (Phi) is 7.01. The fourth-order valence-electron chi connectivity index (χ4n) is 2.14. The predicted octanol–water partition coefficient (Wildman–Crippen LogP) is 4.84. The van der Waals surface area contributed by atoms with Gasteiger partial charge in [-0.2, -0.15) is 0 Å². The molecule has 2 N–H and O–H groups in total. The molecule has 0 radical (unpaired) electrons. The molecule has 0 saturated heterocycles. The molecule has 0 bridgehead atoms. The van der Waals surface area contributed by atoms with E-state index in [-0.39, 0.29) is 11.8 Å². The van der Waals surface area contributed by atoms with Crippen LogP contribution in [0.1, 0.15) is 37.0 Å². The highest BCUT2D eigenvalue weighted by Gasteiger charge is 2.14. The highest BCUT2D eigenvalue weighted by molar-refractivity contribution is 9.10. The first-order chi connectivity index (χ1) is 12.0. The molecule has 0 aliphatic rings. The number of carbonyl (C=O) groups is 2. The molecule has 0 heterocycles. The summed E-state index contributed by atoms with van der Waals surface area (Å²) in [4.78, 5) is 24.1. The summed E-state index contributed by atoms with van der Waals surface area (Å²) in [6.45, 7) is 4.33. The first-order valence-electron chi connectivity index (χ1n) is 8.17. The topological polar surface area (TPSA) is 67.4 Å². The van der Waals surface area contributed by atoms with Crippen LogP contribution in [-0.4, -0.2) is 18.4 Å². The van der Waals surface area contributed by atoms with E-state index >= 15 is 0 Å². The van der Waals surface area contributed by atoms with Gasteiger partial charge in [0.1, 0.15) is 5.75 Å². The van der Waals surface area contributed by atoms with Crippen LogP contribution in [0.4, 0.5) is 11.4 Å². The second kappa shape index (κ2) is 9.22. The van der Waals surface area contributed by atoms with Crippen LogP contribution in [0.5, 0.6) is 5.75 Å². The van der Waals surface area contributed by atoms with Crippen molar-refractivity contribution in [2.24, 2.45) is 0 Å².